The number of benzene rings is 11. The molecule has 0 N–H and O–H groups in total. The topological polar surface area (TPSA) is 8.17 Å². The zero-order valence-corrected chi connectivity index (χ0v) is 37.4. The van der Waals surface area contributed by atoms with E-state index in [0.29, 0.717) is 0 Å². The molecular weight excluding hydrogens is 829 g/mol. The predicted molar refractivity (Wildman–Crippen MR) is 288 cm³/mol. The van der Waals surface area contributed by atoms with Crippen molar-refractivity contribution in [1.82, 2.24) is 4.57 Å². The van der Waals surface area contributed by atoms with E-state index < -0.39 is 0 Å². The first-order chi connectivity index (χ1) is 33.2. The lowest BCUT2D eigenvalue weighted by atomic mass is 9.91. The second kappa shape index (κ2) is 16.2. The summed E-state index contributed by atoms with van der Waals surface area (Å²) in [6.07, 6.45) is 0. The molecule has 0 saturated heterocycles. The van der Waals surface area contributed by atoms with Gasteiger partial charge in [0.2, 0.25) is 0 Å². The molecule has 0 spiro atoms. The molecule has 13 rings (SSSR count). The molecule has 0 atom stereocenters. The summed E-state index contributed by atoms with van der Waals surface area (Å²) in [5.74, 6) is 0. The number of para-hydroxylation sites is 2. The van der Waals surface area contributed by atoms with E-state index in [-0.39, 0.29) is 0 Å². The van der Waals surface area contributed by atoms with Gasteiger partial charge in [0, 0.05) is 53.7 Å². The van der Waals surface area contributed by atoms with Crippen molar-refractivity contribution in [2.75, 3.05) is 4.90 Å². The molecule has 0 bridgehead atoms. The van der Waals surface area contributed by atoms with Gasteiger partial charge in [-0.15, -0.1) is 11.3 Å². The zero-order chi connectivity index (χ0) is 44.3. The maximum Gasteiger partial charge on any atom is 0.0541 e. The quantitative estimate of drug-likeness (QED) is 0.148. The molecule has 0 fully saturated rings. The summed E-state index contributed by atoms with van der Waals surface area (Å²) in [7, 11) is 0. The van der Waals surface area contributed by atoms with Crippen LogP contribution in [0, 0.1) is 0 Å². The highest BCUT2D eigenvalue weighted by molar-refractivity contribution is 7.26. The molecule has 0 unspecified atom stereocenters. The van der Waals surface area contributed by atoms with E-state index in [1.165, 1.54) is 97.3 Å². The van der Waals surface area contributed by atoms with Gasteiger partial charge >= 0.3 is 0 Å². The Morgan fingerprint density at radius 1 is 0.313 bits per heavy atom. The summed E-state index contributed by atoms with van der Waals surface area (Å²) in [4.78, 5) is 2.38. The molecule has 0 aliphatic rings. The first kappa shape index (κ1) is 38.9. The zero-order valence-electron chi connectivity index (χ0n) is 36.6. The molecule has 0 aliphatic heterocycles. The number of fused-ring (bicyclic) bond motifs is 7. The van der Waals surface area contributed by atoms with Crippen LogP contribution < -0.4 is 4.90 Å². The van der Waals surface area contributed by atoms with Gasteiger partial charge in [-0.25, -0.2) is 0 Å². The number of aromatic nitrogens is 1. The summed E-state index contributed by atoms with van der Waals surface area (Å²) < 4.78 is 5.03. The fourth-order valence-corrected chi connectivity index (χ4v) is 11.5. The van der Waals surface area contributed by atoms with Gasteiger partial charge in [0.25, 0.3) is 0 Å². The first-order valence-corrected chi connectivity index (χ1v) is 23.7. The lowest BCUT2D eigenvalue weighted by molar-refractivity contribution is 1.18. The smallest absolute Gasteiger partial charge is 0.0541 e. The molecule has 0 radical (unpaired) electrons. The fourth-order valence-electron chi connectivity index (χ4n) is 10.3. The number of rotatable bonds is 8. The maximum atomic E-state index is 2.39. The molecule has 2 nitrogen and oxygen atoms in total. The normalized spacial score (nSPS) is 11.6. The Balaban J connectivity index is 0.899. The largest absolute Gasteiger partial charge is 0.311 e. The molecule has 0 saturated carbocycles. The summed E-state index contributed by atoms with van der Waals surface area (Å²) in [5.41, 5.74) is 16.5. The highest BCUT2D eigenvalue weighted by Gasteiger charge is 2.18. The Morgan fingerprint density at radius 2 is 0.776 bits per heavy atom. The third kappa shape index (κ3) is 6.71. The maximum absolute atomic E-state index is 2.39. The fraction of sp³-hybridized carbons (Fsp3) is 0. The van der Waals surface area contributed by atoms with E-state index in [4.69, 9.17) is 0 Å². The molecule has 13 aromatic rings. The number of hydrogen-bond acceptors (Lipinski definition) is 2. The van der Waals surface area contributed by atoms with Crippen LogP contribution in [0.3, 0.4) is 0 Å². The van der Waals surface area contributed by atoms with Gasteiger partial charge in [-0.2, -0.15) is 0 Å². The van der Waals surface area contributed by atoms with E-state index in [2.05, 4.69) is 264 Å². The Kier molecular flexibility index (Phi) is 9.40. The average Bonchev–Trinajstić information content (AvgIpc) is 3.96. The Bertz CT molecular complexity index is 3900. The molecule has 0 aliphatic carbocycles. The molecule has 3 heteroatoms. The third-order valence-corrected chi connectivity index (χ3v) is 14.6. The Labute approximate surface area is 393 Å². The predicted octanol–water partition coefficient (Wildman–Crippen LogP) is 18.4. The van der Waals surface area contributed by atoms with Gasteiger partial charge < -0.3 is 9.47 Å². The minimum atomic E-state index is 1.09. The van der Waals surface area contributed by atoms with Crippen LogP contribution in [-0.2, 0) is 0 Å². The van der Waals surface area contributed by atoms with Crippen LogP contribution in [0.25, 0.3) is 103 Å². The van der Waals surface area contributed by atoms with E-state index >= 15 is 0 Å². The highest BCUT2D eigenvalue weighted by Crippen LogP contribution is 2.43. The molecule has 0 amide bonds. The van der Waals surface area contributed by atoms with Crippen LogP contribution >= 0.6 is 11.3 Å². The molecular formula is C64H42N2S. The van der Waals surface area contributed by atoms with Gasteiger partial charge in [0.05, 0.1) is 11.0 Å². The minimum Gasteiger partial charge on any atom is -0.311 e. The highest BCUT2D eigenvalue weighted by atomic mass is 32.1. The molecule has 11 aromatic carbocycles. The van der Waals surface area contributed by atoms with Crippen LogP contribution in [0.4, 0.5) is 17.1 Å². The van der Waals surface area contributed by atoms with E-state index in [0.717, 1.165) is 22.7 Å². The van der Waals surface area contributed by atoms with Gasteiger partial charge in [-0.3, -0.25) is 0 Å². The summed E-state index contributed by atoms with van der Waals surface area (Å²) in [6.45, 7) is 0. The summed E-state index contributed by atoms with van der Waals surface area (Å²) >= 11 is 1.88. The van der Waals surface area contributed by atoms with Crippen molar-refractivity contribution in [2.45, 2.75) is 0 Å². The number of anilines is 3. The van der Waals surface area contributed by atoms with Gasteiger partial charge in [0.1, 0.15) is 0 Å². The summed E-state index contributed by atoms with van der Waals surface area (Å²) in [5, 5.41) is 7.66. The van der Waals surface area contributed by atoms with Crippen molar-refractivity contribution in [3.05, 3.63) is 255 Å². The summed E-state index contributed by atoms with van der Waals surface area (Å²) in [6, 6.07) is 93.0. The van der Waals surface area contributed by atoms with Crippen molar-refractivity contribution in [3.63, 3.8) is 0 Å². The molecule has 2 heterocycles. The lowest BCUT2D eigenvalue weighted by Gasteiger charge is -2.26. The van der Waals surface area contributed by atoms with E-state index in [1.54, 1.807) is 0 Å². The number of thiophene rings is 1. The molecule has 314 valence electrons. The van der Waals surface area contributed by atoms with Gasteiger partial charge in [-0.05, 0) is 122 Å². The van der Waals surface area contributed by atoms with Gasteiger partial charge in [-0.1, -0.05) is 188 Å². The van der Waals surface area contributed by atoms with Crippen LogP contribution in [0.5, 0.6) is 0 Å². The van der Waals surface area contributed by atoms with Crippen LogP contribution in [0.2, 0.25) is 0 Å². The standard InChI is InChI=1S/C64H42N2S/c1-2-14-44(15-3-1)53-23-11-16-47-17-12-24-54(63(47)53)45-32-38-50(39-33-45)65(51-40-34-46(35-41-51)55-25-13-26-59-58-22-6-9-29-62(58)67-64(55)59)49-36-30-43(31-37-49)48-18-10-19-52(42-48)66-60-27-7-4-20-56(60)57-21-5-8-28-61(57)66/h1-42H. The van der Waals surface area contributed by atoms with E-state index in [1.807, 2.05) is 11.3 Å². The second-order valence-corrected chi connectivity index (χ2v) is 18.3. The molecule has 67 heavy (non-hydrogen) atoms. The van der Waals surface area contributed by atoms with Crippen molar-refractivity contribution in [1.29, 1.82) is 0 Å². The second-order valence-electron chi connectivity index (χ2n) is 17.3. The average molecular weight is 871 g/mol. The number of nitrogens with zero attached hydrogens (tertiary/aromatic N) is 2. The monoisotopic (exact) mass is 870 g/mol. The Hall–Kier alpha value is -8.50. The van der Waals surface area contributed by atoms with Crippen molar-refractivity contribution >= 4 is 81.1 Å². The van der Waals surface area contributed by atoms with Crippen LogP contribution in [-0.4, -0.2) is 4.57 Å². The van der Waals surface area contributed by atoms with Gasteiger partial charge in [0.15, 0.2) is 0 Å². The van der Waals surface area contributed by atoms with E-state index in [9.17, 15) is 0 Å². The third-order valence-electron chi connectivity index (χ3n) is 13.4. The lowest BCUT2D eigenvalue weighted by Crippen LogP contribution is -2.09. The molecule has 2 aromatic heterocycles. The van der Waals surface area contributed by atoms with Crippen molar-refractivity contribution < 1.29 is 0 Å². The minimum absolute atomic E-state index is 1.09. The van der Waals surface area contributed by atoms with Crippen LogP contribution in [0.1, 0.15) is 0 Å². The SMILES string of the molecule is c1ccc(-c2cccc3cccc(-c4ccc(N(c5ccc(-c6cccc(-n7c8ccccc8c8ccccc87)c6)cc5)c5ccc(-c6cccc7c6sc6ccccc67)cc5)cc4)c23)cc1. The van der Waals surface area contributed by atoms with Crippen LogP contribution in [0.15, 0.2) is 255 Å². The Morgan fingerprint density at radius 3 is 1.42 bits per heavy atom. The first-order valence-electron chi connectivity index (χ1n) is 22.9. The number of hydrogen-bond donors (Lipinski definition) is 0. The van der Waals surface area contributed by atoms with Crippen molar-refractivity contribution in [2.24, 2.45) is 0 Å². The van der Waals surface area contributed by atoms with Crippen molar-refractivity contribution in [3.8, 4) is 50.2 Å².